The van der Waals surface area contributed by atoms with Crippen LogP contribution in [-0.4, -0.2) is 19.6 Å². The third-order valence-corrected chi connectivity index (χ3v) is 2.73. The summed E-state index contributed by atoms with van der Waals surface area (Å²) in [5, 5.41) is 3.39. The molecule has 0 fully saturated rings. The van der Waals surface area contributed by atoms with E-state index in [4.69, 9.17) is 5.73 Å². The Balaban J connectivity index is 3.73. The van der Waals surface area contributed by atoms with E-state index in [1.807, 2.05) is 0 Å². The lowest BCUT2D eigenvalue weighted by Gasteiger charge is -2.23. The van der Waals surface area contributed by atoms with E-state index in [0.717, 1.165) is 18.9 Å². The summed E-state index contributed by atoms with van der Waals surface area (Å²) in [5.74, 6) is 1.51. The van der Waals surface area contributed by atoms with Gasteiger partial charge in [-0.3, -0.25) is 0 Å². The van der Waals surface area contributed by atoms with Gasteiger partial charge in [-0.25, -0.2) is 0 Å². The highest BCUT2D eigenvalue weighted by Gasteiger charge is 2.14. The summed E-state index contributed by atoms with van der Waals surface area (Å²) in [4.78, 5) is 0. The van der Waals surface area contributed by atoms with Crippen molar-refractivity contribution < 1.29 is 0 Å². The molecule has 3 N–H and O–H groups in total. The van der Waals surface area contributed by atoms with Crippen LogP contribution in [0, 0.1) is 11.8 Å². The average molecular weight is 186 g/mol. The monoisotopic (exact) mass is 186 g/mol. The maximum atomic E-state index is 5.55. The third-order valence-electron chi connectivity index (χ3n) is 2.73. The molecule has 0 aromatic carbocycles. The zero-order valence-electron chi connectivity index (χ0n) is 9.64. The Kier molecular flexibility index (Phi) is 7.29. The Bertz CT molecular complexity index is 113. The van der Waals surface area contributed by atoms with Gasteiger partial charge in [0, 0.05) is 6.04 Å². The first kappa shape index (κ1) is 12.9. The number of nitrogens with two attached hydrogens (primary N) is 1. The second kappa shape index (κ2) is 7.34. The number of nitrogens with one attached hydrogen (secondary N) is 1. The summed E-state index contributed by atoms with van der Waals surface area (Å²) in [6.07, 6.45) is 3.71. The van der Waals surface area contributed by atoms with Crippen LogP contribution in [0.25, 0.3) is 0 Å². The van der Waals surface area contributed by atoms with E-state index in [0.29, 0.717) is 12.0 Å². The Labute approximate surface area is 83.3 Å². The van der Waals surface area contributed by atoms with Crippen LogP contribution in [0.15, 0.2) is 0 Å². The molecule has 0 aliphatic heterocycles. The van der Waals surface area contributed by atoms with Crippen molar-refractivity contribution >= 4 is 0 Å². The standard InChI is InChI=1S/C11H26N2/c1-9(2)5-6-11(13-4)10(3)7-8-12/h9-11,13H,5-8,12H2,1-4H3. The Hall–Kier alpha value is -0.0800. The zero-order valence-corrected chi connectivity index (χ0v) is 9.64. The summed E-state index contributed by atoms with van der Waals surface area (Å²) < 4.78 is 0. The van der Waals surface area contributed by atoms with Gasteiger partial charge in [0.25, 0.3) is 0 Å². The third kappa shape index (κ3) is 6.05. The van der Waals surface area contributed by atoms with Gasteiger partial charge in [0.1, 0.15) is 0 Å². The van der Waals surface area contributed by atoms with Gasteiger partial charge in [-0.2, -0.15) is 0 Å². The van der Waals surface area contributed by atoms with Crippen LogP contribution in [-0.2, 0) is 0 Å². The molecule has 0 aliphatic rings. The quantitative estimate of drug-likeness (QED) is 0.638. The fraction of sp³-hybridized carbons (Fsp3) is 1.00. The first-order valence-electron chi connectivity index (χ1n) is 5.49. The van der Waals surface area contributed by atoms with Crippen molar-refractivity contribution in [3.8, 4) is 0 Å². The molecule has 0 aromatic heterocycles. The van der Waals surface area contributed by atoms with E-state index in [1.165, 1.54) is 12.8 Å². The van der Waals surface area contributed by atoms with E-state index in [1.54, 1.807) is 0 Å². The predicted octanol–water partition coefficient (Wildman–Crippen LogP) is 2.00. The summed E-state index contributed by atoms with van der Waals surface area (Å²) in [6.45, 7) is 7.65. The molecule has 0 spiro atoms. The van der Waals surface area contributed by atoms with Gasteiger partial charge in [0.2, 0.25) is 0 Å². The van der Waals surface area contributed by atoms with Gasteiger partial charge < -0.3 is 11.1 Å². The van der Waals surface area contributed by atoms with E-state index in [2.05, 4.69) is 33.1 Å². The lowest BCUT2D eigenvalue weighted by molar-refractivity contribution is 0.339. The molecular formula is C11H26N2. The van der Waals surface area contributed by atoms with Crippen molar-refractivity contribution in [3.05, 3.63) is 0 Å². The second-order valence-electron chi connectivity index (χ2n) is 4.42. The molecule has 0 bridgehead atoms. The van der Waals surface area contributed by atoms with Crippen LogP contribution in [0.5, 0.6) is 0 Å². The summed E-state index contributed by atoms with van der Waals surface area (Å²) in [7, 11) is 2.05. The molecule has 0 rings (SSSR count). The van der Waals surface area contributed by atoms with Crippen molar-refractivity contribution in [2.75, 3.05) is 13.6 Å². The molecule has 0 heterocycles. The molecule has 0 saturated carbocycles. The van der Waals surface area contributed by atoms with Crippen molar-refractivity contribution in [2.45, 2.75) is 46.1 Å². The molecule has 0 aromatic rings. The van der Waals surface area contributed by atoms with Crippen LogP contribution < -0.4 is 11.1 Å². The minimum Gasteiger partial charge on any atom is -0.330 e. The topological polar surface area (TPSA) is 38.0 Å². The Morgan fingerprint density at radius 3 is 2.08 bits per heavy atom. The summed E-state index contributed by atoms with van der Waals surface area (Å²) in [6, 6.07) is 0.644. The molecule has 2 unspecified atom stereocenters. The first-order chi connectivity index (χ1) is 6.11. The van der Waals surface area contributed by atoms with Crippen LogP contribution >= 0.6 is 0 Å². The molecular weight excluding hydrogens is 160 g/mol. The first-order valence-corrected chi connectivity index (χ1v) is 5.49. The van der Waals surface area contributed by atoms with Crippen molar-refractivity contribution in [1.29, 1.82) is 0 Å². The SMILES string of the molecule is CNC(CCC(C)C)C(C)CCN. The van der Waals surface area contributed by atoms with Gasteiger partial charge in [0.15, 0.2) is 0 Å². The smallest absolute Gasteiger partial charge is 0.00902 e. The van der Waals surface area contributed by atoms with Gasteiger partial charge >= 0.3 is 0 Å². The van der Waals surface area contributed by atoms with Gasteiger partial charge in [-0.05, 0) is 44.7 Å². The lowest BCUT2D eigenvalue weighted by Crippen LogP contribution is -2.33. The second-order valence-corrected chi connectivity index (χ2v) is 4.42. The molecule has 0 saturated heterocycles. The number of rotatable bonds is 7. The van der Waals surface area contributed by atoms with Crippen LogP contribution in [0.1, 0.15) is 40.0 Å². The maximum absolute atomic E-state index is 5.55. The number of hydrogen-bond donors (Lipinski definition) is 2. The van der Waals surface area contributed by atoms with Gasteiger partial charge in [-0.15, -0.1) is 0 Å². The maximum Gasteiger partial charge on any atom is 0.00902 e. The largest absolute Gasteiger partial charge is 0.330 e. The van der Waals surface area contributed by atoms with Gasteiger partial charge in [-0.1, -0.05) is 20.8 Å². The molecule has 2 heteroatoms. The summed E-state index contributed by atoms with van der Waals surface area (Å²) in [5.41, 5.74) is 5.55. The fourth-order valence-corrected chi connectivity index (χ4v) is 1.69. The van der Waals surface area contributed by atoms with Crippen molar-refractivity contribution in [2.24, 2.45) is 17.6 Å². The normalized spacial score (nSPS) is 16.2. The van der Waals surface area contributed by atoms with Crippen molar-refractivity contribution in [3.63, 3.8) is 0 Å². The molecule has 2 nitrogen and oxygen atoms in total. The molecule has 13 heavy (non-hydrogen) atoms. The molecule has 80 valence electrons. The van der Waals surface area contributed by atoms with E-state index >= 15 is 0 Å². The molecule has 2 atom stereocenters. The summed E-state index contributed by atoms with van der Waals surface area (Å²) >= 11 is 0. The lowest BCUT2D eigenvalue weighted by atomic mass is 9.92. The van der Waals surface area contributed by atoms with Crippen LogP contribution in [0.4, 0.5) is 0 Å². The minimum atomic E-state index is 0.644. The van der Waals surface area contributed by atoms with E-state index < -0.39 is 0 Å². The number of hydrogen-bond acceptors (Lipinski definition) is 2. The highest BCUT2D eigenvalue weighted by molar-refractivity contribution is 4.72. The highest BCUT2D eigenvalue weighted by Crippen LogP contribution is 2.15. The molecule has 0 radical (unpaired) electrons. The van der Waals surface area contributed by atoms with E-state index in [9.17, 15) is 0 Å². The fourth-order valence-electron chi connectivity index (χ4n) is 1.69. The highest BCUT2D eigenvalue weighted by atomic mass is 14.9. The van der Waals surface area contributed by atoms with Crippen LogP contribution in [0.3, 0.4) is 0 Å². The average Bonchev–Trinajstić information content (AvgIpc) is 2.05. The van der Waals surface area contributed by atoms with E-state index in [-0.39, 0.29) is 0 Å². The van der Waals surface area contributed by atoms with Crippen LogP contribution in [0.2, 0.25) is 0 Å². The molecule has 0 amide bonds. The van der Waals surface area contributed by atoms with Crippen molar-refractivity contribution in [1.82, 2.24) is 5.32 Å². The molecule has 0 aliphatic carbocycles. The zero-order chi connectivity index (χ0) is 10.3. The Morgan fingerprint density at radius 2 is 1.69 bits per heavy atom. The minimum absolute atomic E-state index is 0.644. The predicted molar refractivity (Wildman–Crippen MR) is 59.8 cm³/mol. The van der Waals surface area contributed by atoms with Gasteiger partial charge in [0.05, 0.1) is 0 Å². The Morgan fingerprint density at radius 1 is 1.08 bits per heavy atom.